The van der Waals surface area contributed by atoms with E-state index < -0.39 is 0 Å². The summed E-state index contributed by atoms with van der Waals surface area (Å²) in [7, 11) is 0. The number of aliphatic imine (C=N–C) groups is 1. The van der Waals surface area contributed by atoms with Gasteiger partial charge in [-0.25, -0.2) is 9.47 Å². The van der Waals surface area contributed by atoms with Crippen molar-refractivity contribution < 1.29 is 0 Å². The molecule has 2 aromatic rings. The first-order valence-corrected chi connectivity index (χ1v) is 8.44. The number of nitrogens with zero attached hydrogens (tertiary/aromatic N) is 3. The molecule has 5 nitrogen and oxygen atoms in total. The molecule has 122 valence electrons. The minimum absolute atomic E-state index is 0.474. The average molecular weight is 312 g/mol. The Morgan fingerprint density at radius 3 is 2.61 bits per heavy atom. The highest BCUT2D eigenvalue weighted by molar-refractivity contribution is 6.11. The van der Waals surface area contributed by atoms with Crippen LogP contribution in [0.15, 0.2) is 29.3 Å². The lowest BCUT2D eigenvalue weighted by molar-refractivity contribution is 0.346. The number of hydrogen-bond donors (Lipinski definition) is 2. The van der Waals surface area contributed by atoms with Gasteiger partial charge in [0.1, 0.15) is 0 Å². The van der Waals surface area contributed by atoms with Gasteiger partial charge in [0, 0.05) is 5.92 Å². The molecule has 0 saturated heterocycles. The van der Waals surface area contributed by atoms with Crippen molar-refractivity contribution in [2.24, 2.45) is 16.6 Å². The molecule has 1 aromatic heterocycles. The zero-order valence-corrected chi connectivity index (χ0v) is 14.2. The standard InChI is InChI=1S/C18H26N5/c1-4-10-23(11-12(3)5-2)16-13-8-6-7-9-14(13)21-17(19)15(16)22-18(23)20/h6-9,12H,4-5,10-11H2,1-3H3,(H2,19,21)(H2,20,22)/q+1. The topological polar surface area (TPSA) is 77.3 Å². The third kappa shape index (κ3) is 2.36. The van der Waals surface area contributed by atoms with Crippen LogP contribution in [0, 0.1) is 5.92 Å². The second-order valence-electron chi connectivity index (χ2n) is 6.57. The Bertz CT molecular complexity index is 767. The molecule has 2 heterocycles. The Kier molecular flexibility index (Phi) is 3.98. The summed E-state index contributed by atoms with van der Waals surface area (Å²) < 4.78 is 0.605. The highest BCUT2D eigenvalue weighted by atomic mass is 15.5. The van der Waals surface area contributed by atoms with Crippen LogP contribution in [0.5, 0.6) is 0 Å². The molecule has 1 aromatic carbocycles. The summed E-state index contributed by atoms with van der Waals surface area (Å²) >= 11 is 0. The van der Waals surface area contributed by atoms with Crippen LogP contribution in [0.3, 0.4) is 0 Å². The Hall–Kier alpha value is -2.14. The van der Waals surface area contributed by atoms with Crippen LogP contribution in [-0.2, 0) is 0 Å². The van der Waals surface area contributed by atoms with E-state index in [1.165, 1.54) is 0 Å². The molecule has 0 fully saturated rings. The van der Waals surface area contributed by atoms with E-state index in [9.17, 15) is 0 Å². The van der Waals surface area contributed by atoms with Crippen molar-refractivity contribution in [2.45, 2.75) is 33.6 Å². The van der Waals surface area contributed by atoms with Crippen molar-refractivity contribution in [1.29, 1.82) is 0 Å². The molecule has 0 radical (unpaired) electrons. The quantitative estimate of drug-likeness (QED) is 0.829. The van der Waals surface area contributed by atoms with Gasteiger partial charge in [-0.15, -0.1) is 0 Å². The van der Waals surface area contributed by atoms with Gasteiger partial charge in [0.05, 0.1) is 24.0 Å². The molecular formula is C18H26N5+. The zero-order chi connectivity index (χ0) is 16.6. The number of fused-ring (bicyclic) bond motifs is 3. The van der Waals surface area contributed by atoms with Crippen molar-refractivity contribution in [3.63, 3.8) is 0 Å². The highest BCUT2D eigenvalue weighted by Gasteiger charge is 2.45. The van der Waals surface area contributed by atoms with E-state index in [-0.39, 0.29) is 0 Å². The Morgan fingerprint density at radius 1 is 1.17 bits per heavy atom. The number of rotatable bonds is 5. The fraction of sp³-hybridized carbons (Fsp3) is 0.444. The molecule has 23 heavy (non-hydrogen) atoms. The van der Waals surface area contributed by atoms with E-state index in [0.29, 0.717) is 22.2 Å². The van der Waals surface area contributed by atoms with Gasteiger partial charge >= 0.3 is 5.96 Å². The predicted octanol–water partition coefficient (Wildman–Crippen LogP) is 3.54. The van der Waals surface area contributed by atoms with E-state index >= 15 is 0 Å². The van der Waals surface area contributed by atoms with Gasteiger partial charge in [-0.3, -0.25) is 0 Å². The van der Waals surface area contributed by atoms with Crippen LogP contribution >= 0.6 is 0 Å². The van der Waals surface area contributed by atoms with Gasteiger partial charge in [0.25, 0.3) is 0 Å². The number of para-hydroxylation sites is 1. The molecule has 1 aliphatic heterocycles. The summed E-state index contributed by atoms with van der Waals surface area (Å²) in [5, 5.41) is 1.11. The minimum Gasteiger partial charge on any atom is -0.382 e. The van der Waals surface area contributed by atoms with E-state index in [2.05, 4.69) is 36.8 Å². The summed E-state index contributed by atoms with van der Waals surface area (Å²) in [6, 6.07) is 8.14. The van der Waals surface area contributed by atoms with E-state index in [1.54, 1.807) is 0 Å². The van der Waals surface area contributed by atoms with E-state index in [1.807, 2.05) is 18.2 Å². The Labute approximate surface area is 137 Å². The largest absolute Gasteiger partial charge is 0.382 e. The SMILES string of the molecule is CCC[N+]1(CC(C)CC)C(N)=Nc2c(N)nc3ccccc3c21. The minimum atomic E-state index is 0.474. The fourth-order valence-electron chi connectivity index (χ4n) is 3.62. The number of pyridine rings is 1. The molecule has 0 saturated carbocycles. The molecule has 2 atom stereocenters. The fourth-order valence-corrected chi connectivity index (χ4v) is 3.62. The number of aromatic nitrogens is 1. The van der Waals surface area contributed by atoms with Gasteiger partial charge < -0.3 is 11.5 Å². The van der Waals surface area contributed by atoms with E-state index in [0.717, 1.165) is 48.2 Å². The molecule has 0 bridgehead atoms. The zero-order valence-electron chi connectivity index (χ0n) is 14.2. The molecule has 2 unspecified atom stereocenters. The Morgan fingerprint density at radius 2 is 1.91 bits per heavy atom. The molecular weight excluding hydrogens is 286 g/mol. The van der Waals surface area contributed by atoms with Gasteiger partial charge in [0.15, 0.2) is 17.2 Å². The van der Waals surface area contributed by atoms with Gasteiger partial charge in [-0.2, -0.15) is 4.99 Å². The summed E-state index contributed by atoms with van der Waals surface area (Å²) in [4.78, 5) is 9.15. The lowest BCUT2D eigenvalue weighted by atomic mass is 10.0. The first-order chi connectivity index (χ1) is 11.0. The predicted molar refractivity (Wildman–Crippen MR) is 98.7 cm³/mol. The summed E-state index contributed by atoms with van der Waals surface area (Å²) in [5.74, 6) is 1.67. The number of hydrogen-bond acceptors (Lipinski definition) is 4. The second-order valence-corrected chi connectivity index (χ2v) is 6.57. The number of benzene rings is 1. The first kappa shape index (κ1) is 15.7. The highest BCUT2D eigenvalue weighted by Crippen LogP contribution is 2.48. The monoisotopic (exact) mass is 312 g/mol. The number of guanidine groups is 1. The smallest absolute Gasteiger partial charge is 0.305 e. The molecule has 3 rings (SSSR count). The molecule has 0 aliphatic carbocycles. The lowest BCUT2D eigenvalue weighted by Gasteiger charge is -2.35. The lowest BCUT2D eigenvalue weighted by Crippen LogP contribution is -2.58. The normalized spacial score (nSPS) is 21.3. The van der Waals surface area contributed by atoms with Crippen LogP contribution in [-0.4, -0.2) is 24.0 Å². The van der Waals surface area contributed by atoms with Gasteiger partial charge in [-0.1, -0.05) is 32.9 Å². The number of nitrogens with two attached hydrogens (primary N) is 2. The second kappa shape index (κ2) is 5.81. The summed E-state index contributed by atoms with van der Waals surface area (Å²) in [5.41, 5.74) is 15.5. The molecule has 5 heteroatoms. The van der Waals surface area contributed by atoms with Crippen molar-refractivity contribution in [2.75, 3.05) is 18.8 Å². The Balaban J connectivity index is 2.30. The number of nitrogen functional groups attached to an aromatic ring is 1. The van der Waals surface area contributed by atoms with Crippen molar-refractivity contribution in [1.82, 2.24) is 9.47 Å². The molecule has 4 N–H and O–H groups in total. The summed E-state index contributed by atoms with van der Waals surface area (Å²) in [6.07, 6.45) is 2.15. The van der Waals surface area contributed by atoms with Crippen LogP contribution in [0.2, 0.25) is 0 Å². The van der Waals surface area contributed by atoms with Crippen molar-refractivity contribution in [3.05, 3.63) is 24.3 Å². The van der Waals surface area contributed by atoms with Crippen LogP contribution < -0.4 is 16.0 Å². The van der Waals surface area contributed by atoms with Gasteiger partial charge in [0.2, 0.25) is 0 Å². The van der Waals surface area contributed by atoms with Crippen LogP contribution in [0.1, 0.15) is 33.6 Å². The average Bonchev–Trinajstić information content (AvgIpc) is 2.82. The summed E-state index contributed by atoms with van der Waals surface area (Å²) in [6.45, 7) is 8.55. The first-order valence-electron chi connectivity index (χ1n) is 8.44. The third-order valence-electron chi connectivity index (χ3n) is 4.89. The van der Waals surface area contributed by atoms with Crippen LogP contribution in [0.4, 0.5) is 17.2 Å². The van der Waals surface area contributed by atoms with Crippen molar-refractivity contribution >= 4 is 34.1 Å². The maximum atomic E-state index is 6.45. The number of anilines is 1. The molecule has 0 spiro atoms. The number of quaternary nitrogens is 1. The molecule has 0 amide bonds. The maximum Gasteiger partial charge on any atom is 0.305 e. The molecule has 1 aliphatic rings. The van der Waals surface area contributed by atoms with Gasteiger partial charge in [-0.05, 0) is 25.0 Å². The van der Waals surface area contributed by atoms with Crippen LogP contribution in [0.25, 0.3) is 10.9 Å². The van der Waals surface area contributed by atoms with E-state index in [4.69, 9.17) is 11.5 Å². The maximum absolute atomic E-state index is 6.45. The third-order valence-corrected chi connectivity index (χ3v) is 4.89. The van der Waals surface area contributed by atoms with Crippen molar-refractivity contribution in [3.8, 4) is 0 Å².